The molecule has 0 radical (unpaired) electrons. The van der Waals surface area contributed by atoms with Gasteiger partial charge in [0.05, 0.1) is 6.20 Å². The standard InChI is InChI=1S/C7H7F2NO3/c1-7(8,9)6-10-3-4(13-6)2-5(11)12/h3H,2H2,1H3,(H,11,12). The van der Waals surface area contributed by atoms with Gasteiger partial charge in [-0.2, -0.15) is 8.78 Å². The van der Waals surface area contributed by atoms with E-state index in [0.29, 0.717) is 6.92 Å². The minimum atomic E-state index is -3.17. The molecule has 0 bridgehead atoms. The van der Waals surface area contributed by atoms with E-state index in [1.807, 2.05) is 0 Å². The lowest BCUT2D eigenvalue weighted by atomic mass is 10.4. The summed E-state index contributed by atoms with van der Waals surface area (Å²) in [5.41, 5.74) is 0. The maximum Gasteiger partial charge on any atom is 0.319 e. The summed E-state index contributed by atoms with van der Waals surface area (Å²) in [6.07, 6.45) is 0.546. The second-order valence-corrected chi connectivity index (χ2v) is 2.59. The number of aromatic nitrogens is 1. The number of alkyl halides is 2. The van der Waals surface area contributed by atoms with Gasteiger partial charge in [-0.05, 0) is 0 Å². The van der Waals surface area contributed by atoms with Crippen molar-refractivity contribution in [2.45, 2.75) is 19.3 Å². The number of hydrogen-bond acceptors (Lipinski definition) is 3. The number of carbonyl (C=O) groups is 1. The number of aliphatic carboxylic acids is 1. The molecule has 0 aromatic carbocycles. The first-order valence-electron chi connectivity index (χ1n) is 3.44. The molecular formula is C7H7F2NO3. The third-order valence-corrected chi connectivity index (χ3v) is 1.25. The Morgan fingerprint density at radius 1 is 1.77 bits per heavy atom. The third-order valence-electron chi connectivity index (χ3n) is 1.25. The second kappa shape index (κ2) is 3.12. The Kier molecular flexibility index (Phi) is 2.31. The van der Waals surface area contributed by atoms with Gasteiger partial charge in [0.1, 0.15) is 12.2 Å². The van der Waals surface area contributed by atoms with Gasteiger partial charge >= 0.3 is 11.9 Å². The predicted molar refractivity (Wildman–Crippen MR) is 37.4 cm³/mol. The van der Waals surface area contributed by atoms with Gasteiger partial charge in [-0.3, -0.25) is 4.79 Å². The lowest BCUT2D eigenvalue weighted by molar-refractivity contribution is -0.136. The molecule has 1 heterocycles. The van der Waals surface area contributed by atoms with Crippen molar-refractivity contribution in [1.29, 1.82) is 0 Å². The fourth-order valence-electron chi connectivity index (χ4n) is 0.741. The topological polar surface area (TPSA) is 63.3 Å². The van der Waals surface area contributed by atoms with Gasteiger partial charge in [0, 0.05) is 6.92 Å². The molecule has 72 valence electrons. The van der Waals surface area contributed by atoms with E-state index >= 15 is 0 Å². The smallest absolute Gasteiger partial charge is 0.319 e. The number of oxazole rings is 1. The van der Waals surface area contributed by atoms with Crippen LogP contribution in [-0.4, -0.2) is 16.1 Å². The molecule has 1 rings (SSSR count). The lowest BCUT2D eigenvalue weighted by Gasteiger charge is -2.02. The SMILES string of the molecule is CC(F)(F)c1ncc(CC(=O)O)o1. The van der Waals surface area contributed by atoms with Crippen LogP contribution in [0.1, 0.15) is 18.6 Å². The Morgan fingerprint density at radius 2 is 2.38 bits per heavy atom. The Hall–Kier alpha value is -1.46. The third kappa shape index (κ3) is 2.50. The molecule has 0 aliphatic heterocycles. The largest absolute Gasteiger partial charge is 0.481 e. The van der Waals surface area contributed by atoms with Crippen molar-refractivity contribution < 1.29 is 23.1 Å². The average molecular weight is 191 g/mol. The molecule has 1 N–H and O–H groups in total. The first kappa shape index (κ1) is 9.63. The highest BCUT2D eigenvalue weighted by Gasteiger charge is 2.30. The van der Waals surface area contributed by atoms with Gasteiger partial charge in [0.25, 0.3) is 5.89 Å². The minimum Gasteiger partial charge on any atom is -0.481 e. The van der Waals surface area contributed by atoms with Gasteiger partial charge in [0.2, 0.25) is 0 Å². The minimum absolute atomic E-state index is 0.0796. The molecule has 0 spiro atoms. The van der Waals surface area contributed by atoms with Crippen LogP contribution in [-0.2, 0) is 17.1 Å². The highest BCUT2D eigenvalue weighted by atomic mass is 19.3. The van der Waals surface area contributed by atoms with Crippen LogP contribution in [0.3, 0.4) is 0 Å². The number of rotatable bonds is 3. The summed E-state index contributed by atoms with van der Waals surface area (Å²) >= 11 is 0. The molecule has 0 atom stereocenters. The molecule has 0 amide bonds. The lowest BCUT2D eigenvalue weighted by Crippen LogP contribution is -2.06. The Balaban J connectivity index is 2.81. The van der Waals surface area contributed by atoms with Gasteiger partial charge in [-0.25, -0.2) is 4.98 Å². The van der Waals surface area contributed by atoms with Gasteiger partial charge < -0.3 is 9.52 Å². The van der Waals surface area contributed by atoms with Crippen LogP contribution in [0.2, 0.25) is 0 Å². The fraction of sp³-hybridized carbons (Fsp3) is 0.429. The normalized spacial score (nSPS) is 11.6. The van der Waals surface area contributed by atoms with Gasteiger partial charge in [-0.1, -0.05) is 0 Å². The predicted octanol–water partition coefficient (Wildman–Crippen LogP) is 1.41. The van der Waals surface area contributed by atoms with Gasteiger partial charge in [-0.15, -0.1) is 0 Å². The summed E-state index contributed by atoms with van der Waals surface area (Å²) < 4.78 is 29.5. The van der Waals surface area contributed by atoms with E-state index in [-0.39, 0.29) is 5.76 Å². The molecule has 4 nitrogen and oxygen atoms in total. The van der Waals surface area contributed by atoms with Crippen molar-refractivity contribution in [3.05, 3.63) is 17.8 Å². The van der Waals surface area contributed by atoms with E-state index in [9.17, 15) is 13.6 Å². The Morgan fingerprint density at radius 3 is 2.77 bits per heavy atom. The van der Waals surface area contributed by atoms with Crippen molar-refractivity contribution in [3.8, 4) is 0 Å². The van der Waals surface area contributed by atoms with Gasteiger partial charge in [0.15, 0.2) is 0 Å². The maximum absolute atomic E-state index is 12.5. The van der Waals surface area contributed by atoms with E-state index in [0.717, 1.165) is 6.20 Å². The quantitative estimate of drug-likeness (QED) is 0.784. The second-order valence-electron chi connectivity index (χ2n) is 2.59. The zero-order chi connectivity index (χ0) is 10.1. The zero-order valence-electron chi connectivity index (χ0n) is 6.75. The average Bonchev–Trinajstić information content (AvgIpc) is 2.32. The highest BCUT2D eigenvalue weighted by molar-refractivity contribution is 5.69. The zero-order valence-corrected chi connectivity index (χ0v) is 6.75. The fourth-order valence-corrected chi connectivity index (χ4v) is 0.741. The summed E-state index contributed by atoms with van der Waals surface area (Å²) in [4.78, 5) is 13.4. The maximum atomic E-state index is 12.5. The van der Waals surface area contributed by atoms with E-state index in [4.69, 9.17) is 5.11 Å². The molecule has 0 aliphatic rings. The molecule has 0 saturated heterocycles. The molecular weight excluding hydrogens is 184 g/mol. The highest BCUT2D eigenvalue weighted by Crippen LogP contribution is 2.26. The van der Waals surface area contributed by atoms with Crippen LogP contribution < -0.4 is 0 Å². The number of halogens is 2. The molecule has 1 aromatic heterocycles. The van der Waals surface area contributed by atoms with Crippen molar-refractivity contribution in [3.63, 3.8) is 0 Å². The molecule has 0 saturated carbocycles. The van der Waals surface area contributed by atoms with E-state index in [1.165, 1.54) is 0 Å². The van der Waals surface area contributed by atoms with Crippen molar-refractivity contribution >= 4 is 5.97 Å². The molecule has 1 aromatic rings. The van der Waals surface area contributed by atoms with Crippen LogP contribution >= 0.6 is 0 Å². The monoisotopic (exact) mass is 191 g/mol. The first-order chi connectivity index (χ1) is 5.89. The summed E-state index contributed by atoms with van der Waals surface area (Å²) in [6, 6.07) is 0. The van der Waals surface area contributed by atoms with E-state index < -0.39 is 24.2 Å². The molecule has 0 unspecified atom stereocenters. The van der Waals surface area contributed by atoms with Crippen LogP contribution in [0.25, 0.3) is 0 Å². The summed E-state index contributed by atoms with van der Waals surface area (Å²) in [5, 5.41) is 8.30. The summed E-state index contributed by atoms with van der Waals surface area (Å²) in [7, 11) is 0. The molecule has 6 heteroatoms. The van der Waals surface area contributed by atoms with Crippen molar-refractivity contribution in [2.75, 3.05) is 0 Å². The number of nitrogens with zero attached hydrogens (tertiary/aromatic N) is 1. The van der Waals surface area contributed by atoms with Crippen molar-refractivity contribution in [2.24, 2.45) is 0 Å². The summed E-state index contributed by atoms with van der Waals surface area (Å²) in [6.45, 7) is 0.628. The molecule has 0 fully saturated rings. The number of carboxylic acid groups (broad SMARTS) is 1. The summed E-state index contributed by atoms with van der Waals surface area (Å²) in [5.74, 6) is -5.16. The van der Waals surface area contributed by atoms with E-state index in [1.54, 1.807) is 0 Å². The van der Waals surface area contributed by atoms with E-state index in [2.05, 4.69) is 9.40 Å². The number of carboxylic acids is 1. The van der Waals surface area contributed by atoms with Crippen LogP contribution in [0.4, 0.5) is 8.78 Å². The number of hydrogen-bond donors (Lipinski definition) is 1. The Bertz CT molecular complexity index is 316. The van der Waals surface area contributed by atoms with Crippen LogP contribution in [0, 0.1) is 0 Å². The molecule has 0 aliphatic carbocycles. The van der Waals surface area contributed by atoms with Crippen LogP contribution in [0.15, 0.2) is 10.6 Å². The van der Waals surface area contributed by atoms with Crippen molar-refractivity contribution in [1.82, 2.24) is 4.98 Å². The first-order valence-corrected chi connectivity index (χ1v) is 3.44. The van der Waals surface area contributed by atoms with Crippen LogP contribution in [0.5, 0.6) is 0 Å². The molecule has 13 heavy (non-hydrogen) atoms. The Labute approximate surface area is 72.2 Å².